The molecule has 0 aliphatic carbocycles. The standard InChI is InChI=1S/C11H17N3O3/c1-7(2)13-5-8-9(6-13)14(3-4-15)12-10(8)11(16)17/h7,15H,3-6H2,1-2H3,(H,16,17). The summed E-state index contributed by atoms with van der Waals surface area (Å²) in [6.07, 6.45) is 0. The second kappa shape index (κ2) is 4.46. The van der Waals surface area contributed by atoms with Crippen molar-refractivity contribution in [2.75, 3.05) is 6.61 Å². The zero-order chi connectivity index (χ0) is 12.6. The van der Waals surface area contributed by atoms with Crippen LogP contribution >= 0.6 is 0 Å². The first-order valence-corrected chi connectivity index (χ1v) is 5.71. The highest BCUT2D eigenvalue weighted by Crippen LogP contribution is 2.27. The Morgan fingerprint density at radius 3 is 2.71 bits per heavy atom. The van der Waals surface area contributed by atoms with Crippen LogP contribution in [-0.2, 0) is 19.6 Å². The number of aromatic nitrogens is 2. The van der Waals surface area contributed by atoms with Crippen molar-refractivity contribution in [3.63, 3.8) is 0 Å². The van der Waals surface area contributed by atoms with Gasteiger partial charge in [-0.2, -0.15) is 5.10 Å². The fourth-order valence-corrected chi connectivity index (χ4v) is 2.15. The lowest BCUT2D eigenvalue weighted by molar-refractivity contribution is 0.0686. The van der Waals surface area contributed by atoms with Gasteiger partial charge in [-0.15, -0.1) is 0 Å². The number of hydrogen-bond donors (Lipinski definition) is 2. The summed E-state index contributed by atoms with van der Waals surface area (Å²) in [4.78, 5) is 13.3. The van der Waals surface area contributed by atoms with Gasteiger partial charge < -0.3 is 10.2 Å². The van der Waals surface area contributed by atoms with Crippen LogP contribution in [0.1, 0.15) is 35.6 Å². The van der Waals surface area contributed by atoms with Crippen LogP contribution in [0, 0.1) is 0 Å². The highest BCUT2D eigenvalue weighted by atomic mass is 16.4. The summed E-state index contributed by atoms with van der Waals surface area (Å²) in [7, 11) is 0. The van der Waals surface area contributed by atoms with Gasteiger partial charge in [-0.05, 0) is 13.8 Å². The van der Waals surface area contributed by atoms with Gasteiger partial charge in [-0.25, -0.2) is 4.79 Å². The van der Waals surface area contributed by atoms with E-state index < -0.39 is 5.97 Å². The lowest BCUT2D eigenvalue weighted by atomic mass is 10.2. The summed E-state index contributed by atoms with van der Waals surface area (Å²) in [6.45, 7) is 5.80. The van der Waals surface area contributed by atoms with Crippen molar-refractivity contribution in [2.24, 2.45) is 0 Å². The number of aromatic carboxylic acids is 1. The third kappa shape index (κ3) is 2.05. The van der Waals surface area contributed by atoms with E-state index in [4.69, 9.17) is 10.2 Å². The van der Waals surface area contributed by atoms with Crippen LogP contribution < -0.4 is 0 Å². The molecule has 0 saturated heterocycles. The van der Waals surface area contributed by atoms with E-state index in [2.05, 4.69) is 23.8 Å². The number of fused-ring (bicyclic) bond motifs is 1. The summed E-state index contributed by atoms with van der Waals surface area (Å²) in [5.74, 6) is -0.997. The maximum Gasteiger partial charge on any atom is 0.356 e. The smallest absolute Gasteiger partial charge is 0.356 e. The number of rotatable bonds is 4. The van der Waals surface area contributed by atoms with Gasteiger partial charge in [-0.3, -0.25) is 9.58 Å². The van der Waals surface area contributed by atoms with E-state index in [1.54, 1.807) is 4.68 Å². The van der Waals surface area contributed by atoms with Crippen LogP contribution in [0.15, 0.2) is 0 Å². The molecule has 1 aliphatic rings. The van der Waals surface area contributed by atoms with E-state index in [0.29, 0.717) is 25.7 Å². The molecule has 0 aromatic carbocycles. The first-order chi connectivity index (χ1) is 8.04. The Bertz CT molecular complexity index is 439. The summed E-state index contributed by atoms with van der Waals surface area (Å²) < 4.78 is 1.61. The largest absolute Gasteiger partial charge is 0.476 e. The van der Waals surface area contributed by atoms with Gasteiger partial charge in [0, 0.05) is 24.7 Å². The summed E-state index contributed by atoms with van der Waals surface area (Å²) in [6, 6.07) is 0.367. The molecule has 0 radical (unpaired) electrons. The Morgan fingerprint density at radius 2 is 2.18 bits per heavy atom. The molecule has 0 spiro atoms. The average molecular weight is 239 g/mol. The normalized spacial score (nSPS) is 15.5. The average Bonchev–Trinajstić information content (AvgIpc) is 2.78. The third-order valence-electron chi connectivity index (χ3n) is 3.13. The van der Waals surface area contributed by atoms with Crippen molar-refractivity contribution in [1.82, 2.24) is 14.7 Å². The molecule has 2 N–H and O–H groups in total. The quantitative estimate of drug-likeness (QED) is 0.790. The molecule has 0 amide bonds. The number of carbonyl (C=O) groups is 1. The molecule has 0 unspecified atom stereocenters. The van der Waals surface area contributed by atoms with Crippen molar-refractivity contribution in [3.05, 3.63) is 17.0 Å². The van der Waals surface area contributed by atoms with E-state index in [0.717, 1.165) is 11.3 Å². The van der Waals surface area contributed by atoms with Gasteiger partial charge in [0.15, 0.2) is 5.69 Å². The van der Waals surface area contributed by atoms with Crippen LogP contribution in [0.5, 0.6) is 0 Å². The Kier molecular flexibility index (Phi) is 3.17. The summed E-state index contributed by atoms with van der Waals surface area (Å²) in [5, 5.41) is 22.1. The predicted octanol–water partition coefficient (Wildman–Crippen LogP) is 0.298. The Hall–Kier alpha value is -1.40. The number of carboxylic acid groups (broad SMARTS) is 1. The molecule has 2 rings (SSSR count). The SMILES string of the molecule is CC(C)N1Cc2c(C(=O)O)nn(CCO)c2C1. The van der Waals surface area contributed by atoms with Gasteiger partial charge in [0.05, 0.1) is 18.8 Å². The predicted molar refractivity (Wildman–Crippen MR) is 60.7 cm³/mol. The van der Waals surface area contributed by atoms with Crippen molar-refractivity contribution in [2.45, 2.75) is 39.5 Å². The van der Waals surface area contributed by atoms with Crippen molar-refractivity contribution in [1.29, 1.82) is 0 Å². The number of aliphatic hydroxyl groups is 1. The molecule has 0 bridgehead atoms. The first-order valence-electron chi connectivity index (χ1n) is 5.71. The molecule has 0 saturated carbocycles. The molecule has 17 heavy (non-hydrogen) atoms. The lowest BCUT2D eigenvalue weighted by Crippen LogP contribution is -2.26. The maximum atomic E-state index is 11.1. The van der Waals surface area contributed by atoms with Crippen LogP contribution in [0.4, 0.5) is 0 Å². The van der Waals surface area contributed by atoms with E-state index in [-0.39, 0.29) is 12.3 Å². The molecule has 1 aromatic rings. The molecule has 2 heterocycles. The van der Waals surface area contributed by atoms with Gasteiger partial charge in [0.1, 0.15) is 0 Å². The zero-order valence-corrected chi connectivity index (χ0v) is 10.1. The molecule has 0 atom stereocenters. The Labute approximate surface area is 99.5 Å². The topological polar surface area (TPSA) is 78.6 Å². The Morgan fingerprint density at radius 1 is 1.47 bits per heavy atom. The molecule has 94 valence electrons. The molecule has 1 aromatic heterocycles. The second-order valence-electron chi connectivity index (χ2n) is 4.52. The third-order valence-corrected chi connectivity index (χ3v) is 3.13. The van der Waals surface area contributed by atoms with E-state index in [1.807, 2.05) is 0 Å². The van der Waals surface area contributed by atoms with Gasteiger partial charge in [-0.1, -0.05) is 0 Å². The van der Waals surface area contributed by atoms with Crippen LogP contribution in [0.3, 0.4) is 0 Å². The number of aliphatic hydroxyl groups excluding tert-OH is 1. The molecular weight excluding hydrogens is 222 g/mol. The summed E-state index contributed by atoms with van der Waals surface area (Å²) >= 11 is 0. The minimum atomic E-state index is -0.997. The highest BCUT2D eigenvalue weighted by molar-refractivity contribution is 5.87. The maximum absolute atomic E-state index is 11.1. The van der Waals surface area contributed by atoms with Crippen LogP contribution in [0.2, 0.25) is 0 Å². The number of nitrogens with zero attached hydrogens (tertiary/aromatic N) is 3. The van der Waals surface area contributed by atoms with E-state index in [9.17, 15) is 4.79 Å². The monoisotopic (exact) mass is 239 g/mol. The highest BCUT2D eigenvalue weighted by Gasteiger charge is 2.31. The van der Waals surface area contributed by atoms with Crippen molar-refractivity contribution < 1.29 is 15.0 Å². The molecule has 1 aliphatic heterocycles. The fourth-order valence-electron chi connectivity index (χ4n) is 2.15. The molecule has 0 fully saturated rings. The molecule has 6 heteroatoms. The minimum absolute atomic E-state index is 0.0329. The second-order valence-corrected chi connectivity index (χ2v) is 4.52. The van der Waals surface area contributed by atoms with Gasteiger partial charge in [0.2, 0.25) is 0 Å². The van der Waals surface area contributed by atoms with Crippen molar-refractivity contribution >= 4 is 5.97 Å². The van der Waals surface area contributed by atoms with Crippen LogP contribution in [0.25, 0.3) is 0 Å². The van der Waals surface area contributed by atoms with Gasteiger partial charge in [0.25, 0.3) is 0 Å². The van der Waals surface area contributed by atoms with Crippen molar-refractivity contribution in [3.8, 4) is 0 Å². The minimum Gasteiger partial charge on any atom is -0.476 e. The molecular formula is C11H17N3O3. The summed E-state index contributed by atoms with van der Waals surface area (Å²) in [5.41, 5.74) is 1.83. The zero-order valence-electron chi connectivity index (χ0n) is 10.1. The van der Waals surface area contributed by atoms with E-state index in [1.165, 1.54) is 0 Å². The number of carboxylic acids is 1. The van der Waals surface area contributed by atoms with E-state index >= 15 is 0 Å². The number of hydrogen-bond acceptors (Lipinski definition) is 4. The Balaban J connectivity index is 2.36. The first kappa shape index (κ1) is 12.1. The van der Waals surface area contributed by atoms with Gasteiger partial charge >= 0.3 is 5.97 Å². The lowest BCUT2D eigenvalue weighted by Gasteiger charge is -2.19. The van der Waals surface area contributed by atoms with Crippen LogP contribution in [-0.4, -0.2) is 43.5 Å². The fraction of sp³-hybridized carbons (Fsp3) is 0.636. The molecule has 6 nitrogen and oxygen atoms in total.